The average Bonchev–Trinajstić information content (AvgIpc) is 2.33. The van der Waals surface area contributed by atoms with E-state index in [0.717, 1.165) is 15.9 Å². The van der Waals surface area contributed by atoms with Gasteiger partial charge < -0.3 is 0 Å². The van der Waals surface area contributed by atoms with E-state index >= 15 is 0 Å². The Morgan fingerprint density at radius 3 is 2.35 bits per heavy atom. The summed E-state index contributed by atoms with van der Waals surface area (Å²) in [5.41, 5.74) is 1.27. The Balaban J connectivity index is 2.16. The van der Waals surface area contributed by atoms with E-state index in [1.54, 1.807) is 0 Å². The molecule has 0 aromatic heterocycles. The highest BCUT2D eigenvalue weighted by Gasteiger charge is 2.03. The van der Waals surface area contributed by atoms with E-state index in [-0.39, 0.29) is 0 Å². The van der Waals surface area contributed by atoms with Gasteiger partial charge in [-0.15, -0.1) is 0 Å². The predicted octanol–water partition coefficient (Wildman–Crippen LogP) is 6.40. The van der Waals surface area contributed by atoms with Crippen LogP contribution < -0.4 is 0 Å². The van der Waals surface area contributed by atoms with Crippen LogP contribution in [0.4, 0.5) is 0 Å². The van der Waals surface area contributed by atoms with Crippen LogP contribution >= 0.6 is 27.5 Å². The van der Waals surface area contributed by atoms with Crippen molar-refractivity contribution in [2.24, 2.45) is 0 Å². The lowest BCUT2D eigenvalue weighted by molar-refractivity contribution is 0.589. The van der Waals surface area contributed by atoms with Gasteiger partial charge in [0, 0.05) is 4.47 Å². The van der Waals surface area contributed by atoms with Gasteiger partial charge >= 0.3 is 0 Å². The summed E-state index contributed by atoms with van der Waals surface area (Å²) in [6.07, 6.45) is 10.5. The molecule has 0 aliphatic carbocycles. The Bertz CT molecular complexity index is 323. The first-order valence-corrected chi connectivity index (χ1v) is 7.85. The number of benzene rings is 1. The lowest BCUT2D eigenvalue weighted by atomic mass is 10.0. The Morgan fingerprint density at radius 1 is 1.00 bits per heavy atom. The number of halogens is 2. The molecule has 0 aliphatic heterocycles. The summed E-state index contributed by atoms with van der Waals surface area (Å²) in [4.78, 5) is 0. The molecule has 1 rings (SSSR count). The van der Waals surface area contributed by atoms with Crippen molar-refractivity contribution in [3.63, 3.8) is 0 Å². The smallest absolute Gasteiger partial charge is 0.0580 e. The fourth-order valence-corrected chi connectivity index (χ4v) is 2.64. The molecular weight excluding hydrogens is 296 g/mol. The zero-order valence-corrected chi connectivity index (χ0v) is 13.0. The van der Waals surface area contributed by atoms with Crippen molar-refractivity contribution in [3.05, 3.63) is 33.3 Å². The maximum absolute atomic E-state index is 6.23. The van der Waals surface area contributed by atoms with Crippen LogP contribution in [0.15, 0.2) is 22.7 Å². The second kappa shape index (κ2) is 8.99. The van der Waals surface area contributed by atoms with Crippen molar-refractivity contribution in [3.8, 4) is 0 Å². The molecular formula is C15H22BrCl. The molecule has 0 saturated carbocycles. The lowest BCUT2D eigenvalue weighted by Crippen LogP contribution is -1.88. The third-order valence-corrected chi connectivity index (χ3v) is 4.42. The SMILES string of the molecule is CCCCCCCCCc1cccc(Br)c1Cl. The van der Waals surface area contributed by atoms with Gasteiger partial charge in [0.1, 0.15) is 0 Å². The summed E-state index contributed by atoms with van der Waals surface area (Å²) in [6, 6.07) is 6.19. The molecule has 0 amide bonds. The van der Waals surface area contributed by atoms with Gasteiger partial charge in [-0.3, -0.25) is 0 Å². The summed E-state index contributed by atoms with van der Waals surface area (Å²) in [5.74, 6) is 0. The Kier molecular flexibility index (Phi) is 7.96. The first-order valence-electron chi connectivity index (χ1n) is 6.68. The van der Waals surface area contributed by atoms with Crippen molar-refractivity contribution in [2.45, 2.75) is 58.3 Å². The highest BCUT2D eigenvalue weighted by molar-refractivity contribution is 9.10. The zero-order chi connectivity index (χ0) is 12.5. The molecule has 96 valence electrons. The molecule has 0 bridgehead atoms. The average molecular weight is 318 g/mol. The van der Waals surface area contributed by atoms with Crippen LogP contribution in [0.5, 0.6) is 0 Å². The number of unbranched alkanes of at least 4 members (excludes halogenated alkanes) is 6. The Morgan fingerprint density at radius 2 is 1.65 bits per heavy atom. The summed E-state index contributed by atoms with van der Waals surface area (Å²) >= 11 is 9.69. The monoisotopic (exact) mass is 316 g/mol. The number of hydrogen-bond donors (Lipinski definition) is 0. The van der Waals surface area contributed by atoms with Gasteiger partial charge in [0.15, 0.2) is 0 Å². The van der Waals surface area contributed by atoms with E-state index in [9.17, 15) is 0 Å². The second-order valence-electron chi connectivity index (χ2n) is 4.58. The van der Waals surface area contributed by atoms with Gasteiger partial charge in [0.05, 0.1) is 5.02 Å². The van der Waals surface area contributed by atoms with Crippen LogP contribution in [0, 0.1) is 0 Å². The molecule has 0 unspecified atom stereocenters. The molecule has 0 atom stereocenters. The molecule has 1 aromatic rings. The van der Waals surface area contributed by atoms with Gasteiger partial charge in [-0.2, -0.15) is 0 Å². The first-order chi connectivity index (χ1) is 8.25. The van der Waals surface area contributed by atoms with E-state index in [4.69, 9.17) is 11.6 Å². The topological polar surface area (TPSA) is 0 Å². The fourth-order valence-electron chi connectivity index (χ4n) is 2.01. The third kappa shape index (κ3) is 5.92. The number of aryl methyl sites for hydroxylation is 1. The van der Waals surface area contributed by atoms with Crippen molar-refractivity contribution in [1.82, 2.24) is 0 Å². The van der Waals surface area contributed by atoms with Gasteiger partial charge in [-0.25, -0.2) is 0 Å². The zero-order valence-electron chi connectivity index (χ0n) is 10.6. The third-order valence-electron chi connectivity index (χ3n) is 3.08. The van der Waals surface area contributed by atoms with Crippen LogP contribution in [0.1, 0.15) is 57.4 Å². The maximum atomic E-state index is 6.23. The second-order valence-corrected chi connectivity index (χ2v) is 5.82. The normalized spacial score (nSPS) is 10.8. The molecule has 0 saturated heterocycles. The minimum Gasteiger partial charge on any atom is -0.0828 e. The van der Waals surface area contributed by atoms with E-state index < -0.39 is 0 Å². The number of rotatable bonds is 8. The molecule has 0 aliphatic rings. The van der Waals surface area contributed by atoms with Gasteiger partial charge in [0.2, 0.25) is 0 Å². The lowest BCUT2D eigenvalue weighted by Gasteiger charge is -2.05. The molecule has 0 nitrogen and oxygen atoms in total. The predicted molar refractivity (Wildman–Crippen MR) is 80.8 cm³/mol. The standard InChI is InChI=1S/C15H22BrCl/c1-2-3-4-5-6-7-8-10-13-11-9-12-14(16)15(13)17/h9,11-12H,2-8,10H2,1H3. The minimum absolute atomic E-state index is 0.887. The summed E-state index contributed by atoms with van der Waals surface area (Å²) in [5, 5.41) is 0.887. The largest absolute Gasteiger partial charge is 0.0828 e. The summed E-state index contributed by atoms with van der Waals surface area (Å²) in [7, 11) is 0. The van der Waals surface area contributed by atoms with Gasteiger partial charge in [-0.05, 0) is 40.4 Å². The Labute approximate surface area is 119 Å². The van der Waals surface area contributed by atoms with E-state index in [0.29, 0.717) is 0 Å². The first kappa shape index (κ1) is 15.0. The van der Waals surface area contributed by atoms with Crippen LogP contribution in [0.2, 0.25) is 5.02 Å². The van der Waals surface area contributed by atoms with E-state index in [1.165, 1.54) is 50.5 Å². The van der Waals surface area contributed by atoms with Crippen molar-refractivity contribution in [1.29, 1.82) is 0 Å². The van der Waals surface area contributed by atoms with Gasteiger partial charge in [0.25, 0.3) is 0 Å². The fraction of sp³-hybridized carbons (Fsp3) is 0.600. The van der Waals surface area contributed by atoms with Crippen LogP contribution in [-0.2, 0) is 6.42 Å². The van der Waals surface area contributed by atoms with Crippen LogP contribution in [0.3, 0.4) is 0 Å². The van der Waals surface area contributed by atoms with Crippen molar-refractivity contribution >= 4 is 27.5 Å². The quantitative estimate of drug-likeness (QED) is 0.487. The van der Waals surface area contributed by atoms with E-state index in [1.807, 2.05) is 6.07 Å². The summed E-state index contributed by atoms with van der Waals surface area (Å²) in [6.45, 7) is 2.26. The molecule has 17 heavy (non-hydrogen) atoms. The molecule has 2 heteroatoms. The molecule has 1 aromatic carbocycles. The van der Waals surface area contributed by atoms with Crippen LogP contribution in [0.25, 0.3) is 0 Å². The minimum atomic E-state index is 0.887. The maximum Gasteiger partial charge on any atom is 0.0580 e. The molecule has 0 heterocycles. The van der Waals surface area contributed by atoms with Crippen molar-refractivity contribution in [2.75, 3.05) is 0 Å². The van der Waals surface area contributed by atoms with Gasteiger partial charge in [-0.1, -0.05) is 69.2 Å². The van der Waals surface area contributed by atoms with E-state index in [2.05, 4.69) is 35.0 Å². The Hall–Kier alpha value is -0.0100. The molecule has 0 fully saturated rings. The summed E-state index contributed by atoms with van der Waals surface area (Å²) < 4.78 is 1.01. The van der Waals surface area contributed by atoms with Crippen molar-refractivity contribution < 1.29 is 0 Å². The van der Waals surface area contributed by atoms with Crippen LogP contribution in [-0.4, -0.2) is 0 Å². The highest BCUT2D eigenvalue weighted by Crippen LogP contribution is 2.27. The highest BCUT2D eigenvalue weighted by atomic mass is 79.9. The molecule has 0 N–H and O–H groups in total. The number of hydrogen-bond acceptors (Lipinski definition) is 0. The molecule has 0 radical (unpaired) electrons. The molecule has 0 spiro atoms.